The Morgan fingerprint density at radius 2 is 0.962 bits per heavy atom. The third-order valence-corrected chi connectivity index (χ3v) is 12.6. The van der Waals surface area contributed by atoms with E-state index >= 15 is 0 Å². The van der Waals surface area contributed by atoms with E-state index in [9.17, 15) is 0 Å². The summed E-state index contributed by atoms with van der Waals surface area (Å²) in [5.41, 5.74) is 8.36. The number of amidine groups is 2. The molecule has 0 saturated heterocycles. The number of ether oxygens (including phenoxy) is 2. The highest BCUT2D eigenvalue weighted by Crippen LogP contribution is 2.43. The summed E-state index contributed by atoms with van der Waals surface area (Å²) in [7, 11) is 0. The van der Waals surface area contributed by atoms with Gasteiger partial charge in [-0.1, -0.05) is 30.3 Å². The van der Waals surface area contributed by atoms with Crippen LogP contribution in [0.1, 0.15) is 69.2 Å². The zero-order valence-electron chi connectivity index (χ0n) is 32.2. The van der Waals surface area contributed by atoms with Gasteiger partial charge >= 0.3 is 0 Å². The highest BCUT2D eigenvalue weighted by Gasteiger charge is 2.49. The molecular formula is C44H45BN6O2. The fourth-order valence-electron chi connectivity index (χ4n) is 8.68. The molecule has 8 nitrogen and oxygen atoms in total. The Morgan fingerprint density at radius 3 is 1.32 bits per heavy atom. The van der Waals surface area contributed by atoms with Crippen LogP contribution in [0.3, 0.4) is 0 Å². The molecule has 4 aliphatic rings. The Labute approximate surface area is 312 Å². The molecule has 0 aliphatic carbocycles. The van der Waals surface area contributed by atoms with E-state index in [1.54, 1.807) is 0 Å². The van der Waals surface area contributed by atoms with Gasteiger partial charge in [0, 0.05) is 16.6 Å². The second-order valence-electron chi connectivity index (χ2n) is 16.8. The number of fused-ring (bicyclic) bond motifs is 4. The van der Waals surface area contributed by atoms with Gasteiger partial charge in [0.2, 0.25) is 0 Å². The SMILES string of the molecule is CC1=NC(C)(C)C(C)(C)N1c1ccc(-c2ccc3c(c2)Oc2cccc4c2B3c2ccc(-c3ccc(N5C(C)=NC(C)(C)C5(C)C)cn3)cc2O4)nc1. The number of hydrogen-bond acceptors (Lipinski definition) is 8. The highest BCUT2D eigenvalue weighted by atomic mass is 16.5. The molecular weight excluding hydrogens is 655 g/mol. The molecule has 6 heterocycles. The maximum atomic E-state index is 6.60. The first-order chi connectivity index (χ1) is 25.1. The fourth-order valence-corrected chi connectivity index (χ4v) is 8.68. The number of nitrogens with zero attached hydrogens (tertiary/aromatic N) is 6. The van der Waals surface area contributed by atoms with Crippen molar-refractivity contribution < 1.29 is 9.47 Å². The molecule has 0 atom stereocenters. The van der Waals surface area contributed by atoms with E-state index in [1.165, 1.54) is 0 Å². The van der Waals surface area contributed by atoms with Crippen LogP contribution in [0.2, 0.25) is 0 Å². The van der Waals surface area contributed by atoms with Crippen molar-refractivity contribution >= 4 is 46.1 Å². The predicted octanol–water partition coefficient (Wildman–Crippen LogP) is 8.13. The molecule has 0 radical (unpaired) electrons. The maximum absolute atomic E-state index is 6.60. The molecule has 5 aromatic rings. The van der Waals surface area contributed by atoms with Crippen molar-refractivity contribution in [2.24, 2.45) is 9.98 Å². The van der Waals surface area contributed by atoms with Crippen molar-refractivity contribution in [3.8, 4) is 45.5 Å². The van der Waals surface area contributed by atoms with Gasteiger partial charge in [-0.3, -0.25) is 20.0 Å². The van der Waals surface area contributed by atoms with E-state index in [2.05, 4.69) is 140 Å². The lowest BCUT2D eigenvalue weighted by atomic mass is 9.35. The normalized spacial score (nSPS) is 19.4. The van der Waals surface area contributed by atoms with E-state index in [1.807, 2.05) is 30.6 Å². The van der Waals surface area contributed by atoms with Gasteiger partial charge in [0.25, 0.3) is 6.71 Å². The van der Waals surface area contributed by atoms with Crippen LogP contribution >= 0.6 is 0 Å². The quantitative estimate of drug-likeness (QED) is 0.173. The van der Waals surface area contributed by atoms with Crippen LogP contribution in [-0.2, 0) is 0 Å². The molecule has 0 amide bonds. The minimum atomic E-state index is -0.202. The van der Waals surface area contributed by atoms with Gasteiger partial charge in [-0.15, -0.1) is 0 Å². The Kier molecular flexibility index (Phi) is 6.96. The van der Waals surface area contributed by atoms with Crippen LogP contribution < -0.4 is 35.7 Å². The Bertz CT molecular complexity index is 2230. The molecule has 0 spiro atoms. The number of hydrogen-bond donors (Lipinski definition) is 0. The smallest absolute Gasteiger partial charge is 0.260 e. The summed E-state index contributed by atoms with van der Waals surface area (Å²) >= 11 is 0. The standard InChI is InChI=1S/C44H45BN6O2/c1-26-48-41(3,4)43(7,8)50(26)30-16-20-34(46-24-30)28-14-18-32-38(22-28)52-36-12-11-13-37-40(36)45(32)33-19-15-29(23-39(33)53-37)35-21-17-31(25-47-35)51-27(2)49-42(5,6)44(51,9)10/h11-25H,1-10H3. The molecule has 9 heteroatoms. The molecule has 2 aromatic heterocycles. The largest absolute Gasteiger partial charge is 0.458 e. The summed E-state index contributed by atoms with van der Waals surface area (Å²) in [6.45, 7) is 21.8. The average Bonchev–Trinajstić information content (AvgIpc) is 3.39. The minimum absolute atomic E-state index is 0.0338. The number of anilines is 2. The molecule has 0 fully saturated rings. The number of aliphatic imine (C=N–C) groups is 2. The number of pyridine rings is 2. The van der Waals surface area contributed by atoms with Gasteiger partial charge in [-0.05, 0) is 129 Å². The molecule has 53 heavy (non-hydrogen) atoms. The Hall–Kier alpha value is -5.44. The number of rotatable bonds is 4. The van der Waals surface area contributed by atoms with Crippen LogP contribution in [0.25, 0.3) is 22.5 Å². The molecule has 9 rings (SSSR count). The monoisotopic (exact) mass is 700 g/mol. The summed E-state index contributed by atoms with van der Waals surface area (Å²) in [5.74, 6) is 5.29. The van der Waals surface area contributed by atoms with Crippen LogP contribution in [0.5, 0.6) is 23.0 Å². The maximum Gasteiger partial charge on any atom is 0.260 e. The van der Waals surface area contributed by atoms with Crippen LogP contribution in [0, 0.1) is 0 Å². The van der Waals surface area contributed by atoms with Gasteiger partial charge in [-0.25, -0.2) is 0 Å². The minimum Gasteiger partial charge on any atom is -0.458 e. The molecule has 4 aliphatic heterocycles. The topological polar surface area (TPSA) is 75.4 Å². The van der Waals surface area contributed by atoms with E-state index in [-0.39, 0.29) is 28.9 Å². The second-order valence-corrected chi connectivity index (χ2v) is 16.8. The summed E-state index contributed by atoms with van der Waals surface area (Å²) < 4.78 is 13.2. The van der Waals surface area contributed by atoms with E-state index < -0.39 is 0 Å². The van der Waals surface area contributed by atoms with Crippen molar-refractivity contribution in [3.63, 3.8) is 0 Å². The summed E-state index contributed by atoms with van der Waals surface area (Å²) in [4.78, 5) is 24.3. The Morgan fingerprint density at radius 1 is 0.528 bits per heavy atom. The van der Waals surface area contributed by atoms with Crippen LogP contribution in [0.4, 0.5) is 11.4 Å². The van der Waals surface area contributed by atoms with Crippen molar-refractivity contribution in [1.29, 1.82) is 0 Å². The molecule has 3 aromatic carbocycles. The van der Waals surface area contributed by atoms with Gasteiger partial charge in [0.1, 0.15) is 34.7 Å². The fraction of sp³-hybridized carbons (Fsp3) is 0.318. The zero-order valence-corrected chi connectivity index (χ0v) is 32.2. The van der Waals surface area contributed by atoms with Crippen molar-refractivity contribution in [2.45, 2.75) is 91.4 Å². The highest BCUT2D eigenvalue weighted by molar-refractivity contribution is 6.98. The van der Waals surface area contributed by atoms with Crippen molar-refractivity contribution in [1.82, 2.24) is 9.97 Å². The molecule has 0 N–H and O–H groups in total. The van der Waals surface area contributed by atoms with Crippen LogP contribution in [0.15, 0.2) is 101 Å². The zero-order chi connectivity index (χ0) is 37.2. The first-order valence-electron chi connectivity index (χ1n) is 18.5. The molecule has 0 saturated carbocycles. The third kappa shape index (κ3) is 4.82. The first-order valence-corrected chi connectivity index (χ1v) is 18.5. The second kappa shape index (κ2) is 11.0. The van der Waals surface area contributed by atoms with Gasteiger partial charge in [0.05, 0.1) is 57.3 Å². The lowest BCUT2D eigenvalue weighted by Gasteiger charge is -2.41. The summed E-state index contributed by atoms with van der Waals surface area (Å²) in [6, 6.07) is 27.4. The third-order valence-electron chi connectivity index (χ3n) is 12.6. The van der Waals surface area contributed by atoms with Gasteiger partial charge in [-0.2, -0.15) is 0 Å². The lowest BCUT2D eigenvalue weighted by molar-refractivity contribution is 0.338. The van der Waals surface area contributed by atoms with Crippen LogP contribution in [-0.4, -0.2) is 50.5 Å². The Balaban J connectivity index is 1.03. The van der Waals surface area contributed by atoms with E-state index in [0.29, 0.717) is 0 Å². The average molecular weight is 701 g/mol. The summed E-state index contributed by atoms with van der Waals surface area (Å²) in [5, 5.41) is 0. The van der Waals surface area contributed by atoms with E-state index in [0.717, 1.165) is 84.9 Å². The van der Waals surface area contributed by atoms with Gasteiger partial charge < -0.3 is 19.3 Å². The lowest BCUT2D eigenvalue weighted by Crippen LogP contribution is -2.57. The predicted molar refractivity (Wildman–Crippen MR) is 218 cm³/mol. The summed E-state index contributed by atoms with van der Waals surface area (Å²) in [6.07, 6.45) is 3.91. The number of aromatic nitrogens is 2. The first kappa shape index (κ1) is 33.4. The molecule has 266 valence electrons. The molecule has 0 unspecified atom stereocenters. The van der Waals surface area contributed by atoms with E-state index in [4.69, 9.17) is 29.4 Å². The van der Waals surface area contributed by atoms with Gasteiger partial charge in [0.15, 0.2) is 0 Å². The number of benzene rings is 3. The van der Waals surface area contributed by atoms with Crippen molar-refractivity contribution in [3.05, 3.63) is 91.3 Å². The molecule has 0 bridgehead atoms. The van der Waals surface area contributed by atoms with Crippen molar-refractivity contribution in [2.75, 3.05) is 9.80 Å².